The quantitative estimate of drug-likeness (QED) is 0.619. The molecule has 0 fully saturated rings. The molecule has 0 aromatic carbocycles. The number of nitrogens with zero attached hydrogens (tertiary/aromatic N) is 1. The molecule has 0 rings (SSSR count). The molecular weight excluding hydrogens is 142 g/mol. The molecule has 0 spiro atoms. The second-order valence-electron chi connectivity index (χ2n) is 3.28. The smallest absolute Gasteiger partial charge is 0.104 e. The summed E-state index contributed by atoms with van der Waals surface area (Å²) in [6.07, 6.45) is -0.176. The summed E-state index contributed by atoms with van der Waals surface area (Å²) in [7, 11) is 2.17. The highest BCUT2D eigenvalue weighted by atomic mass is 16.3. The molecule has 70 valence electrons. The molecule has 3 heteroatoms. The predicted octanol–water partition coefficient (Wildman–Crippen LogP) is 0.677. The van der Waals surface area contributed by atoms with E-state index < -0.39 is 0 Å². The Kier molecular flexibility index (Phi) is 6.76. The van der Waals surface area contributed by atoms with E-state index in [0.717, 1.165) is 24.1 Å². The first kappa shape index (κ1) is 13.5. The van der Waals surface area contributed by atoms with E-state index in [0.29, 0.717) is 0 Å². The van der Waals surface area contributed by atoms with Gasteiger partial charge in [0.2, 0.25) is 0 Å². The molecule has 3 nitrogen and oxygen atoms in total. The molecule has 11 heavy (non-hydrogen) atoms. The third kappa shape index (κ3) is 5.18. The molecule has 1 atom stereocenters. The number of aliphatic hydroxyl groups is 1. The monoisotopic (exact) mass is 163 g/mol. The lowest BCUT2D eigenvalue weighted by Crippen LogP contribution is -2.47. The van der Waals surface area contributed by atoms with Gasteiger partial charge >= 0.3 is 0 Å². The SMILES string of the molecule is CC[N+](C)(CC)CC(C)O.[OH-]. The molecule has 2 N–H and O–H groups in total. The maximum Gasteiger partial charge on any atom is 0.104 e. The summed E-state index contributed by atoms with van der Waals surface area (Å²) < 4.78 is 0.970. The average molecular weight is 163 g/mol. The molecule has 0 saturated heterocycles. The molecule has 1 unspecified atom stereocenters. The first-order valence-corrected chi connectivity index (χ1v) is 4.05. The van der Waals surface area contributed by atoms with Gasteiger partial charge in [0, 0.05) is 0 Å². The number of hydrogen-bond acceptors (Lipinski definition) is 2. The Morgan fingerprint density at radius 3 is 1.73 bits per heavy atom. The number of quaternary nitrogens is 1. The third-order valence-electron chi connectivity index (χ3n) is 2.23. The zero-order valence-corrected chi connectivity index (χ0v) is 8.04. The second-order valence-corrected chi connectivity index (χ2v) is 3.28. The number of aliphatic hydroxyl groups excluding tert-OH is 1. The molecule has 0 aromatic heterocycles. The highest BCUT2D eigenvalue weighted by molar-refractivity contribution is 4.43. The number of hydrogen-bond donors (Lipinski definition) is 1. The van der Waals surface area contributed by atoms with Gasteiger partial charge in [0.15, 0.2) is 0 Å². The zero-order valence-electron chi connectivity index (χ0n) is 8.04. The lowest BCUT2D eigenvalue weighted by molar-refractivity contribution is -0.908. The molecular formula is C8H21NO2. The highest BCUT2D eigenvalue weighted by Crippen LogP contribution is 2.02. The molecule has 0 heterocycles. The van der Waals surface area contributed by atoms with E-state index in [1.165, 1.54) is 0 Å². The van der Waals surface area contributed by atoms with Crippen molar-refractivity contribution >= 4 is 0 Å². The Balaban J connectivity index is 0. The van der Waals surface area contributed by atoms with Crippen molar-refractivity contribution in [3.8, 4) is 0 Å². The van der Waals surface area contributed by atoms with Crippen LogP contribution in [-0.4, -0.2) is 47.9 Å². The summed E-state index contributed by atoms with van der Waals surface area (Å²) in [5.41, 5.74) is 0. The molecule has 0 aliphatic rings. The first-order chi connectivity index (χ1) is 4.54. The van der Waals surface area contributed by atoms with Gasteiger partial charge in [-0.05, 0) is 20.8 Å². The summed E-state index contributed by atoms with van der Waals surface area (Å²) in [4.78, 5) is 0. The van der Waals surface area contributed by atoms with Crippen molar-refractivity contribution < 1.29 is 15.1 Å². The molecule has 0 aliphatic heterocycles. The van der Waals surface area contributed by atoms with E-state index >= 15 is 0 Å². The van der Waals surface area contributed by atoms with Crippen LogP contribution in [0.15, 0.2) is 0 Å². The maximum absolute atomic E-state index is 9.13. The minimum absolute atomic E-state index is 0. The minimum Gasteiger partial charge on any atom is -0.870 e. The Bertz CT molecular complexity index is 90.1. The number of likely N-dealkylation sites (N-methyl/N-ethyl adjacent to an activating group) is 1. The van der Waals surface area contributed by atoms with E-state index in [4.69, 9.17) is 5.11 Å². The maximum atomic E-state index is 9.13. The van der Waals surface area contributed by atoms with Crippen molar-refractivity contribution in [2.24, 2.45) is 0 Å². The van der Waals surface area contributed by atoms with Gasteiger partial charge in [0.05, 0.1) is 20.1 Å². The van der Waals surface area contributed by atoms with Crippen molar-refractivity contribution in [1.29, 1.82) is 0 Å². The van der Waals surface area contributed by atoms with Gasteiger partial charge in [-0.3, -0.25) is 0 Å². The van der Waals surface area contributed by atoms with Gasteiger partial charge in [0.1, 0.15) is 12.6 Å². The zero-order chi connectivity index (χ0) is 8.20. The fraction of sp³-hybridized carbons (Fsp3) is 1.00. The van der Waals surface area contributed by atoms with Gasteiger partial charge in [0.25, 0.3) is 0 Å². The van der Waals surface area contributed by atoms with Crippen LogP contribution in [0.3, 0.4) is 0 Å². The predicted molar refractivity (Wildman–Crippen MR) is 45.8 cm³/mol. The molecule has 0 amide bonds. The van der Waals surface area contributed by atoms with Gasteiger partial charge < -0.3 is 15.1 Å². The van der Waals surface area contributed by atoms with E-state index in [-0.39, 0.29) is 11.6 Å². The standard InChI is InChI=1S/C8H20NO.H2O/c1-5-9(4,6-2)7-8(3)10;/h8,10H,5-7H2,1-4H3;1H2/q+1;/p-1. The van der Waals surface area contributed by atoms with Crippen molar-refractivity contribution in [2.75, 3.05) is 26.7 Å². The van der Waals surface area contributed by atoms with Crippen LogP contribution in [0.5, 0.6) is 0 Å². The van der Waals surface area contributed by atoms with E-state index in [9.17, 15) is 0 Å². The molecule has 0 aliphatic carbocycles. The van der Waals surface area contributed by atoms with Crippen molar-refractivity contribution in [3.63, 3.8) is 0 Å². The summed E-state index contributed by atoms with van der Waals surface area (Å²) in [5, 5.41) is 9.13. The lowest BCUT2D eigenvalue weighted by atomic mass is 10.3. The fourth-order valence-corrected chi connectivity index (χ4v) is 1.12. The summed E-state index contributed by atoms with van der Waals surface area (Å²) in [5.74, 6) is 0. The minimum atomic E-state index is -0.176. The van der Waals surface area contributed by atoms with Crippen LogP contribution >= 0.6 is 0 Å². The summed E-state index contributed by atoms with van der Waals surface area (Å²) in [6, 6.07) is 0. The Morgan fingerprint density at radius 2 is 1.64 bits per heavy atom. The van der Waals surface area contributed by atoms with Crippen LogP contribution in [0, 0.1) is 0 Å². The first-order valence-electron chi connectivity index (χ1n) is 4.05. The van der Waals surface area contributed by atoms with Crippen LogP contribution < -0.4 is 0 Å². The van der Waals surface area contributed by atoms with Crippen LogP contribution in [0.4, 0.5) is 0 Å². The van der Waals surface area contributed by atoms with Gasteiger partial charge in [-0.1, -0.05) is 0 Å². The van der Waals surface area contributed by atoms with Gasteiger partial charge in [-0.15, -0.1) is 0 Å². The molecule has 0 bridgehead atoms. The molecule has 0 aromatic rings. The Hall–Kier alpha value is -0.120. The third-order valence-corrected chi connectivity index (χ3v) is 2.23. The van der Waals surface area contributed by atoms with Crippen LogP contribution in [0.2, 0.25) is 0 Å². The molecule has 0 radical (unpaired) electrons. The van der Waals surface area contributed by atoms with Crippen molar-refractivity contribution in [3.05, 3.63) is 0 Å². The fourth-order valence-electron chi connectivity index (χ4n) is 1.12. The Morgan fingerprint density at radius 1 is 1.27 bits per heavy atom. The second kappa shape index (κ2) is 5.52. The highest BCUT2D eigenvalue weighted by Gasteiger charge is 2.18. The van der Waals surface area contributed by atoms with Crippen molar-refractivity contribution in [1.82, 2.24) is 0 Å². The summed E-state index contributed by atoms with van der Waals surface area (Å²) >= 11 is 0. The molecule has 0 saturated carbocycles. The van der Waals surface area contributed by atoms with Crippen LogP contribution in [-0.2, 0) is 0 Å². The van der Waals surface area contributed by atoms with Crippen molar-refractivity contribution in [2.45, 2.75) is 26.9 Å². The van der Waals surface area contributed by atoms with Gasteiger partial charge in [-0.25, -0.2) is 0 Å². The van der Waals surface area contributed by atoms with Gasteiger partial charge in [-0.2, -0.15) is 0 Å². The largest absolute Gasteiger partial charge is 0.870 e. The van der Waals surface area contributed by atoms with E-state index in [1.807, 2.05) is 6.92 Å². The van der Waals surface area contributed by atoms with E-state index in [1.54, 1.807) is 0 Å². The topological polar surface area (TPSA) is 50.2 Å². The lowest BCUT2D eigenvalue weighted by Gasteiger charge is -2.33. The Labute approximate surface area is 69.5 Å². The van der Waals surface area contributed by atoms with Crippen LogP contribution in [0.25, 0.3) is 0 Å². The van der Waals surface area contributed by atoms with Crippen LogP contribution in [0.1, 0.15) is 20.8 Å². The normalized spacial score (nSPS) is 13.9. The summed E-state index contributed by atoms with van der Waals surface area (Å²) in [6.45, 7) is 9.23. The number of rotatable bonds is 4. The average Bonchev–Trinajstić information content (AvgIpc) is 1.87. The van der Waals surface area contributed by atoms with E-state index in [2.05, 4.69) is 20.9 Å².